The maximum absolute atomic E-state index is 5.01. The molecule has 0 atom stereocenters. The van der Waals surface area contributed by atoms with Gasteiger partial charge in [-0.15, -0.1) is 22.7 Å². The Morgan fingerprint density at radius 2 is 0.714 bits per heavy atom. The molecule has 0 radical (unpaired) electrons. The molecular weight excluding hydrogens is 807 g/mol. The summed E-state index contributed by atoms with van der Waals surface area (Å²) >= 11 is 3.33. The fraction of sp³-hybridized carbons (Fsp3) is 0. The molecule has 0 aliphatic carbocycles. The van der Waals surface area contributed by atoms with Crippen molar-refractivity contribution < 1.29 is 0 Å². The number of benzene rings is 9. The van der Waals surface area contributed by atoms with Gasteiger partial charge in [0.05, 0.1) is 33.2 Å². The highest BCUT2D eigenvalue weighted by molar-refractivity contribution is 7.22. The second-order valence-corrected chi connectivity index (χ2v) is 18.1. The van der Waals surface area contributed by atoms with Crippen LogP contribution in [0.15, 0.2) is 200 Å². The Morgan fingerprint density at radius 1 is 0.317 bits per heavy atom. The summed E-state index contributed by atoms with van der Waals surface area (Å²) in [5, 5.41) is 14.0. The van der Waals surface area contributed by atoms with Crippen molar-refractivity contribution in [3.63, 3.8) is 0 Å². The van der Waals surface area contributed by atoms with Gasteiger partial charge < -0.3 is 4.90 Å². The molecule has 0 unspecified atom stereocenters. The zero-order chi connectivity index (χ0) is 41.4. The summed E-state index contributed by atoms with van der Waals surface area (Å²) < 4.78 is 2.03. The number of aromatic nitrogens is 4. The number of rotatable bonds is 6. The number of anilines is 3. The molecule has 0 saturated carbocycles. The van der Waals surface area contributed by atoms with Gasteiger partial charge in [-0.1, -0.05) is 140 Å². The van der Waals surface area contributed by atoms with Crippen molar-refractivity contribution in [1.29, 1.82) is 0 Å². The highest BCUT2D eigenvalue weighted by atomic mass is 32.1. The quantitative estimate of drug-likeness (QED) is 0.156. The molecule has 9 aromatic carbocycles. The molecule has 13 rings (SSSR count). The summed E-state index contributed by atoms with van der Waals surface area (Å²) in [6.45, 7) is 0. The zero-order valence-electron chi connectivity index (χ0n) is 33.6. The predicted octanol–water partition coefficient (Wildman–Crippen LogP) is 15.9. The van der Waals surface area contributed by atoms with E-state index >= 15 is 0 Å². The van der Waals surface area contributed by atoms with Crippen LogP contribution in [0.1, 0.15) is 0 Å². The van der Waals surface area contributed by atoms with E-state index in [1.165, 1.54) is 59.6 Å². The van der Waals surface area contributed by atoms with Gasteiger partial charge in [-0.3, -0.25) is 0 Å². The van der Waals surface area contributed by atoms with Crippen molar-refractivity contribution in [1.82, 2.24) is 19.9 Å². The van der Waals surface area contributed by atoms with E-state index in [4.69, 9.17) is 19.9 Å². The number of thiazole rings is 2. The highest BCUT2D eigenvalue weighted by Crippen LogP contribution is 2.42. The van der Waals surface area contributed by atoms with Gasteiger partial charge in [0.25, 0.3) is 0 Å². The number of hydrogen-bond donors (Lipinski definition) is 0. The molecule has 0 N–H and O–H groups in total. The lowest BCUT2D eigenvalue weighted by atomic mass is 9.96. The fourth-order valence-corrected chi connectivity index (χ4v) is 10.9. The highest BCUT2D eigenvalue weighted by Gasteiger charge is 2.19. The lowest BCUT2D eigenvalue weighted by Crippen LogP contribution is -2.10. The van der Waals surface area contributed by atoms with Gasteiger partial charge in [-0.25, -0.2) is 19.9 Å². The van der Waals surface area contributed by atoms with Gasteiger partial charge in [0.2, 0.25) is 0 Å². The van der Waals surface area contributed by atoms with Crippen LogP contribution in [0, 0.1) is 0 Å². The number of nitrogens with zero attached hydrogens (tertiary/aromatic N) is 5. The first-order valence-electron chi connectivity index (χ1n) is 20.9. The molecule has 0 aliphatic rings. The lowest BCUT2D eigenvalue weighted by Gasteiger charge is -2.25. The lowest BCUT2D eigenvalue weighted by molar-refractivity contribution is 1.22. The topological polar surface area (TPSA) is 54.8 Å². The summed E-state index contributed by atoms with van der Waals surface area (Å²) in [6.07, 6.45) is 3.87. The molecule has 0 aliphatic heterocycles. The molecule has 0 saturated heterocycles. The number of pyridine rings is 2. The van der Waals surface area contributed by atoms with Crippen molar-refractivity contribution in [2.75, 3.05) is 4.90 Å². The molecule has 63 heavy (non-hydrogen) atoms. The molecule has 0 fully saturated rings. The van der Waals surface area contributed by atoms with Crippen molar-refractivity contribution in [3.05, 3.63) is 200 Å². The summed E-state index contributed by atoms with van der Waals surface area (Å²) in [7, 11) is 0. The minimum absolute atomic E-state index is 0.732. The number of fused-ring (bicyclic) bond motifs is 8. The standard InChI is InChI=1S/C56H33N5S2/c1-4-10-37-25-40(16-13-34(37)7-1)41-21-23-49-42(26-41)17-18-43-29-46(22-24-50(43)49)61(47-30-51-53(57-32-47)59-55(62-51)44-19-14-35-8-2-5-11-38(35)27-44)48-31-52-54(58-33-48)60-56(63-52)45-20-15-36-9-3-6-12-39(36)28-45/h1-33H. The molecule has 4 aromatic heterocycles. The first-order chi connectivity index (χ1) is 31.1. The first kappa shape index (κ1) is 35.9. The Labute approximate surface area is 369 Å². The molecular formula is C56H33N5S2. The van der Waals surface area contributed by atoms with Gasteiger partial charge in [0.15, 0.2) is 11.3 Å². The maximum atomic E-state index is 5.01. The van der Waals surface area contributed by atoms with Crippen LogP contribution in [-0.2, 0) is 0 Å². The van der Waals surface area contributed by atoms with Crippen LogP contribution >= 0.6 is 22.7 Å². The SMILES string of the molecule is c1ccc2cc(-c3ccc4c(ccc5cc(N(c6cnc7nc(-c8ccc9ccccc9c8)sc7c6)c6cnc7nc(-c8ccc9ccccc9c8)sc7c6)ccc54)c3)ccc2c1. The molecule has 5 nitrogen and oxygen atoms in total. The monoisotopic (exact) mass is 839 g/mol. The smallest absolute Gasteiger partial charge is 0.171 e. The minimum Gasteiger partial charge on any atom is -0.307 e. The number of hydrogen-bond acceptors (Lipinski definition) is 7. The zero-order valence-corrected chi connectivity index (χ0v) is 35.2. The third-order valence-corrected chi connectivity index (χ3v) is 14.2. The van der Waals surface area contributed by atoms with E-state index in [1.807, 2.05) is 12.4 Å². The van der Waals surface area contributed by atoms with E-state index in [1.54, 1.807) is 22.7 Å². The van der Waals surface area contributed by atoms with E-state index in [9.17, 15) is 0 Å². The molecule has 0 amide bonds. The van der Waals surface area contributed by atoms with E-state index in [0.29, 0.717) is 0 Å². The van der Waals surface area contributed by atoms with Crippen LogP contribution in [0.2, 0.25) is 0 Å². The predicted molar refractivity (Wildman–Crippen MR) is 267 cm³/mol. The van der Waals surface area contributed by atoms with Crippen LogP contribution < -0.4 is 4.90 Å². The molecule has 0 spiro atoms. The van der Waals surface area contributed by atoms with Gasteiger partial charge in [0.1, 0.15) is 10.0 Å². The maximum Gasteiger partial charge on any atom is 0.171 e. The van der Waals surface area contributed by atoms with Gasteiger partial charge in [-0.05, 0) is 114 Å². The third-order valence-electron chi connectivity index (χ3n) is 12.1. The van der Waals surface area contributed by atoms with Crippen molar-refractivity contribution in [2.45, 2.75) is 0 Å². The Hall–Kier alpha value is -7.84. The van der Waals surface area contributed by atoms with E-state index in [0.717, 1.165) is 64.3 Å². The summed E-state index contributed by atoms with van der Waals surface area (Å²) in [6, 6.07) is 67.6. The van der Waals surface area contributed by atoms with E-state index in [-0.39, 0.29) is 0 Å². The summed E-state index contributed by atoms with van der Waals surface area (Å²) in [4.78, 5) is 22.2. The summed E-state index contributed by atoms with van der Waals surface area (Å²) in [5.41, 5.74) is 8.93. The largest absolute Gasteiger partial charge is 0.307 e. The van der Waals surface area contributed by atoms with Crippen molar-refractivity contribution in [3.8, 4) is 32.3 Å². The second-order valence-electron chi connectivity index (χ2n) is 16.0. The summed E-state index contributed by atoms with van der Waals surface area (Å²) in [5.74, 6) is 0. The van der Waals surface area contributed by atoms with Crippen molar-refractivity contribution in [2.24, 2.45) is 0 Å². The fourth-order valence-electron chi connectivity index (χ4n) is 8.95. The average molecular weight is 840 g/mol. The van der Waals surface area contributed by atoms with Crippen molar-refractivity contribution >= 4 is 114 Å². The normalized spacial score (nSPS) is 11.8. The van der Waals surface area contributed by atoms with Crippen LogP contribution in [-0.4, -0.2) is 19.9 Å². The molecule has 13 aromatic rings. The second kappa shape index (κ2) is 14.4. The Balaban J connectivity index is 0.922. The van der Waals surface area contributed by atoms with Gasteiger partial charge in [0, 0.05) is 16.8 Å². The molecule has 4 heterocycles. The van der Waals surface area contributed by atoms with Crippen LogP contribution in [0.3, 0.4) is 0 Å². The molecule has 7 heteroatoms. The molecule has 0 bridgehead atoms. The van der Waals surface area contributed by atoms with Crippen LogP contribution in [0.4, 0.5) is 17.1 Å². The van der Waals surface area contributed by atoms with Crippen LogP contribution in [0.25, 0.3) is 107 Å². The van der Waals surface area contributed by atoms with Crippen LogP contribution in [0.5, 0.6) is 0 Å². The first-order valence-corrected chi connectivity index (χ1v) is 22.5. The van der Waals surface area contributed by atoms with E-state index < -0.39 is 0 Å². The minimum atomic E-state index is 0.732. The van der Waals surface area contributed by atoms with Gasteiger partial charge in [-0.2, -0.15) is 0 Å². The molecule has 294 valence electrons. The Bertz CT molecular complexity index is 3810. The van der Waals surface area contributed by atoms with E-state index in [2.05, 4.69) is 193 Å². The average Bonchev–Trinajstić information content (AvgIpc) is 3.98. The third kappa shape index (κ3) is 6.28. The Morgan fingerprint density at radius 3 is 1.24 bits per heavy atom. The van der Waals surface area contributed by atoms with Gasteiger partial charge >= 0.3 is 0 Å². The Kier molecular flexibility index (Phi) is 8.19.